The Balaban J connectivity index is 1.90. The predicted octanol–water partition coefficient (Wildman–Crippen LogP) is 3.38. The van der Waals surface area contributed by atoms with Gasteiger partial charge >= 0.3 is 0 Å². The number of halogens is 1. The van der Waals surface area contributed by atoms with E-state index in [1.165, 1.54) is 11.8 Å². The molecule has 0 bridgehead atoms. The van der Waals surface area contributed by atoms with Crippen LogP contribution in [0.3, 0.4) is 0 Å². The van der Waals surface area contributed by atoms with Crippen LogP contribution in [0.4, 0.5) is 5.69 Å². The van der Waals surface area contributed by atoms with E-state index in [1.807, 2.05) is 11.5 Å². The van der Waals surface area contributed by atoms with E-state index >= 15 is 0 Å². The van der Waals surface area contributed by atoms with Gasteiger partial charge in [0.05, 0.1) is 5.75 Å². The van der Waals surface area contributed by atoms with Gasteiger partial charge in [0.1, 0.15) is 5.82 Å². The molecule has 1 N–H and O–H groups in total. The topological polar surface area (TPSA) is 59.8 Å². The van der Waals surface area contributed by atoms with Crippen molar-refractivity contribution in [3.8, 4) is 0 Å². The number of aryl methyl sites for hydroxylation is 1. The number of aromatic nitrogens is 3. The molecule has 0 unspecified atom stereocenters. The number of nitrogens with one attached hydrogen (secondary N) is 1. The maximum atomic E-state index is 11.9. The molecule has 2 aromatic rings. The van der Waals surface area contributed by atoms with Crippen LogP contribution in [0, 0.1) is 6.92 Å². The van der Waals surface area contributed by atoms with E-state index in [1.54, 1.807) is 24.3 Å². The van der Waals surface area contributed by atoms with Gasteiger partial charge in [-0.25, -0.2) is 0 Å². The monoisotopic (exact) mass is 324 g/mol. The second kappa shape index (κ2) is 7.47. The van der Waals surface area contributed by atoms with Crippen molar-refractivity contribution >= 4 is 35.0 Å². The van der Waals surface area contributed by atoms with E-state index in [0.29, 0.717) is 10.8 Å². The SMILES string of the molecule is CCCn1c(C)nnc1SCC(=O)Nc1ccc(Cl)cc1. The van der Waals surface area contributed by atoms with E-state index in [-0.39, 0.29) is 5.91 Å². The standard InChI is InChI=1S/C14H17ClN4OS/c1-3-8-19-10(2)17-18-14(19)21-9-13(20)16-12-6-4-11(15)5-7-12/h4-7H,3,8-9H2,1-2H3,(H,16,20). The number of thioether (sulfide) groups is 1. The normalized spacial score (nSPS) is 10.6. The van der Waals surface area contributed by atoms with Gasteiger partial charge in [-0.05, 0) is 37.6 Å². The van der Waals surface area contributed by atoms with Gasteiger partial charge in [-0.3, -0.25) is 4.79 Å². The fourth-order valence-electron chi connectivity index (χ4n) is 1.81. The van der Waals surface area contributed by atoms with Gasteiger partial charge in [-0.2, -0.15) is 0 Å². The van der Waals surface area contributed by atoms with Crippen LogP contribution in [0.25, 0.3) is 0 Å². The average molecular weight is 325 g/mol. The Morgan fingerprint density at radius 3 is 2.71 bits per heavy atom. The van der Waals surface area contributed by atoms with Crippen LogP contribution in [0.2, 0.25) is 5.02 Å². The highest BCUT2D eigenvalue weighted by atomic mass is 35.5. The Kier molecular flexibility index (Phi) is 5.64. The van der Waals surface area contributed by atoms with E-state index in [9.17, 15) is 4.79 Å². The van der Waals surface area contributed by atoms with Gasteiger partial charge in [0.2, 0.25) is 5.91 Å². The molecule has 0 aliphatic rings. The maximum absolute atomic E-state index is 11.9. The molecular weight excluding hydrogens is 308 g/mol. The summed E-state index contributed by atoms with van der Waals surface area (Å²) in [5.74, 6) is 1.09. The summed E-state index contributed by atoms with van der Waals surface area (Å²) in [4.78, 5) is 11.9. The Bertz CT molecular complexity index is 612. The van der Waals surface area contributed by atoms with Gasteiger partial charge < -0.3 is 9.88 Å². The summed E-state index contributed by atoms with van der Waals surface area (Å²) >= 11 is 7.19. The first-order chi connectivity index (χ1) is 10.1. The summed E-state index contributed by atoms with van der Waals surface area (Å²) in [6, 6.07) is 7.03. The van der Waals surface area contributed by atoms with E-state index in [2.05, 4.69) is 22.4 Å². The molecule has 1 heterocycles. The number of benzene rings is 1. The van der Waals surface area contributed by atoms with Crippen molar-refractivity contribution in [1.82, 2.24) is 14.8 Å². The second-order valence-electron chi connectivity index (χ2n) is 4.53. The summed E-state index contributed by atoms with van der Waals surface area (Å²) in [6.45, 7) is 4.88. The molecule has 1 aromatic carbocycles. The first-order valence-electron chi connectivity index (χ1n) is 6.68. The highest BCUT2D eigenvalue weighted by molar-refractivity contribution is 7.99. The van der Waals surface area contributed by atoms with Crippen molar-refractivity contribution in [3.05, 3.63) is 35.1 Å². The molecule has 1 amide bonds. The molecular formula is C14H17ClN4OS. The molecule has 0 aliphatic carbocycles. The third kappa shape index (κ3) is 4.47. The minimum atomic E-state index is -0.0778. The van der Waals surface area contributed by atoms with E-state index in [4.69, 9.17) is 11.6 Å². The zero-order chi connectivity index (χ0) is 15.2. The molecule has 0 aliphatic heterocycles. The number of nitrogens with zero attached hydrogens (tertiary/aromatic N) is 3. The van der Waals surface area contributed by atoms with Crippen LogP contribution in [-0.2, 0) is 11.3 Å². The molecule has 0 saturated heterocycles. The largest absolute Gasteiger partial charge is 0.325 e. The predicted molar refractivity (Wildman–Crippen MR) is 85.9 cm³/mol. The summed E-state index contributed by atoms with van der Waals surface area (Å²) in [5, 5.41) is 12.4. The maximum Gasteiger partial charge on any atom is 0.234 e. The number of anilines is 1. The van der Waals surface area contributed by atoms with Crippen molar-refractivity contribution < 1.29 is 4.79 Å². The summed E-state index contributed by atoms with van der Waals surface area (Å²) in [5.41, 5.74) is 0.733. The summed E-state index contributed by atoms with van der Waals surface area (Å²) < 4.78 is 2.03. The number of hydrogen-bond acceptors (Lipinski definition) is 4. The van der Waals surface area contributed by atoms with Crippen molar-refractivity contribution in [2.75, 3.05) is 11.1 Å². The van der Waals surface area contributed by atoms with Gasteiger partial charge in [0.15, 0.2) is 5.16 Å². The van der Waals surface area contributed by atoms with Gasteiger partial charge in [0.25, 0.3) is 0 Å². The highest BCUT2D eigenvalue weighted by Gasteiger charge is 2.11. The number of rotatable bonds is 6. The lowest BCUT2D eigenvalue weighted by molar-refractivity contribution is -0.113. The van der Waals surface area contributed by atoms with Crippen molar-refractivity contribution in [2.45, 2.75) is 32.0 Å². The van der Waals surface area contributed by atoms with E-state index < -0.39 is 0 Å². The molecule has 5 nitrogen and oxygen atoms in total. The zero-order valence-electron chi connectivity index (χ0n) is 12.0. The van der Waals surface area contributed by atoms with Crippen LogP contribution in [0.5, 0.6) is 0 Å². The number of amides is 1. The van der Waals surface area contributed by atoms with Crippen LogP contribution in [0.1, 0.15) is 19.2 Å². The number of carbonyl (C=O) groups is 1. The summed E-state index contributed by atoms with van der Waals surface area (Å²) in [6.07, 6.45) is 1.00. The third-order valence-corrected chi connectivity index (χ3v) is 4.03. The quantitative estimate of drug-likeness (QED) is 0.827. The Hall–Kier alpha value is -1.53. The van der Waals surface area contributed by atoms with Crippen LogP contribution in [-0.4, -0.2) is 26.4 Å². The van der Waals surface area contributed by atoms with Gasteiger partial charge in [-0.1, -0.05) is 30.3 Å². The van der Waals surface area contributed by atoms with Crippen molar-refractivity contribution in [2.24, 2.45) is 0 Å². The lowest BCUT2D eigenvalue weighted by Gasteiger charge is -2.07. The molecule has 2 rings (SSSR count). The highest BCUT2D eigenvalue weighted by Crippen LogP contribution is 2.18. The third-order valence-electron chi connectivity index (χ3n) is 2.81. The molecule has 0 spiro atoms. The van der Waals surface area contributed by atoms with Crippen LogP contribution >= 0.6 is 23.4 Å². The Morgan fingerprint density at radius 1 is 1.33 bits per heavy atom. The number of carbonyl (C=O) groups excluding carboxylic acids is 1. The summed E-state index contributed by atoms with van der Waals surface area (Å²) in [7, 11) is 0. The minimum Gasteiger partial charge on any atom is -0.325 e. The smallest absolute Gasteiger partial charge is 0.234 e. The van der Waals surface area contributed by atoms with Crippen molar-refractivity contribution in [3.63, 3.8) is 0 Å². The molecule has 21 heavy (non-hydrogen) atoms. The first-order valence-corrected chi connectivity index (χ1v) is 8.04. The van der Waals surface area contributed by atoms with Gasteiger partial charge in [-0.15, -0.1) is 10.2 Å². The second-order valence-corrected chi connectivity index (χ2v) is 5.90. The Morgan fingerprint density at radius 2 is 2.05 bits per heavy atom. The fraction of sp³-hybridized carbons (Fsp3) is 0.357. The van der Waals surface area contributed by atoms with Crippen LogP contribution in [0.15, 0.2) is 29.4 Å². The molecule has 112 valence electrons. The molecule has 0 saturated carbocycles. The lowest BCUT2D eigenvalue weighted by Crippen LogP contribution is -2.14. The average Bonchev–Trinajstić information content (AvgIpc) is 2.81. The van der Waals surface area contributed by atoms with Crippen LogP contribution < -0.4 is 5.32 Å². The minimum absolute atomic E-state index is 0.0778. The zero-order valence-corrected chi connectivity index (χ0v) is 13.5. The molecule has 0 atom stereocenters. The molecule has 0 fully saturated rings. The number of hydrogen-bond donors (Lipinski definition) is 1. The van der Waals surface area contributed by atoms with Crippen molar-refractivity contribution in [1.29, 1.82) is 0 Å². The Labute approximate surface area is 133 Å². The molecule has 0 radical (unpaired) electrons. The lowest BCUT2D eigenvalue weighted by atomic mass is 10.3. The molecule has 1 aromatic heterocycles. The van der Waals surface area contributed by atoms with E-state index in [0.717, 1.165) is 29.6 Å². The van der Waals surface area contributed by atoms with Gasteiger partial charge in [0, 0.05) is 17.3 Å². The first kappa shape index (κ1) is 15.9. The molecule has 7 heteroatoms. The fourth-order valence-corrected chi connectivity index (χ4v) is 2.75.